The van der Waals surface area contributed by atoms with Gasteiger partial charge in [-0.3, -0.25) is 4.98 Å². The van der Waals surface area contributed by atoms with Gasteiger partial charge in [0.05, 0.1) is 0 Å². The number of aliphatic carboxylic acids is 1. The summed E-state index contributed by atoms with van der Waals surface area (Å²) < 4.78 is 4.97. The standard InChI is InChI=1S/C13H18N2O5/c1-13(2,3)20-12(19)15-9(11(17)18)10(16)8-4-6-14-7-5-8/h4-7,9-10,16H,1-3H3,(H,15,19)(H,17,18). The number of carboxylic acids is 1. The third-order valence-corrected chi connectivity index (χ3v) is 2.30. The largest absolute Gasteiger partial charge is 0.480 e. The summed E-state index contributed by atoms with van der Waals surface area (Å²) in [7, 11) is 0. The van der Waals surface area contributed by atoms with Gasteiger partial charge in [-0.15, -0.1) is 0 Å². The maximum atomic E-state index is 11.6. The van der Waals surface area contributed by atoms with Gasteiger partial charge in [0, 0.05) is 12.4 Å². The Balaban J connectivity index is 2.80. The molecule has 110 valence electrons. The lowest BCUT2D eigenvalue weighted by atomic mass is 10.0. The van der Waals surface area contributed by atoms with Crippen molar-refractivity contribution in [2.75, 3.05) is 0 Å². The molecular formula is C13H18N2O5. The first kappa shape index (κ1) is 15.9. The van der Waals surface area contributed by atoms with E-state index in [9.17, 15) is 14.7 Å². The SMILES string of the molecule is CC(C)(C)OC(=O)NC(C(=O)O)C(O)c1ccncc1. The first-order valence-electron chi connectivity index (χ1n) is 6.01. The second kappa shape index (κ2) is 6.33. The zero-order valence-corrected chi connectivity index (χ0v) is 11.5. The first-order chi connectivity index (χ1) is 9.20. The molecule has 0 aromatic carbocycles. The van der Waals surface area contributed by atoms with Crippen molar-refractivity contribution in [1.82, 2.24) is 10.3 Å². The molecule has 0 fully saturated rings. The van der Waals surface area contributed by atoms with Crippen LogP contribution in [-0.2, 0) is 9.53 Å². The molecule has 0 spiro atoms. The van der Waals surface area contributed by atoms with Crippen LogP contribution in [0.4, 0.5) is 4.79 Å². The fraction of sp³-hybridized carbons (Fsp3) is 0.462. The second-order valence-electron chi connectivity index (χ2n) is 5.19. The number of rotatable bonds is 4. The predicted molar refractivity (Wildman–Crippen MR) is 70.0 cm³/mol. The number of carbonyl (C=O) groups is 2. The zero-order chi connectivity index (χ0) is 15.3. The fourth-order valence-electron chi connectivity index (χ4n) is 1.46. The van der Waals surface area contributed by atoms with Gasteiger partial charge in [-0.05, 0) is 38.5 Å². The minimum Gasteiger partial charge on any atom is -0.480 e. The number of hydrogen-bond donors (Lipinski definition) is 3. The van der Waals surface area contributed by atoms with Crippen LogP contribution < -0.4 is 5.32 Å². The summed E-state index contributed by atoms with van der Waals surface area (Å²) in [6.45, 7) is 4.96. The van der Waals surface area contributed by atoms with E-state index in [2.05, 4.69) is 10.3 Å². The van der Waals surface area contributed by atoms with Gasteiger partial charge in [-0.1, -0.05) is 0 Å². The fourth-order valence-corrected chi connectivity index (χ4v) is 1.46. The van der Waals surface area contributed by atoms with Gasteiger partial charge in [0.2, 0.25) is 0 Å². The molecular weight excluding hydrogens is 264 g/mol. The molecule has 0 aliphatic carbocycles. The molecule has 7 heteroatoms. The topological polar surface area (TPSA) is 109 Å². The molecule has 2 atom stereocenters. The Morgan fingerprint density at radius 2 is 1.85 bits per heavy atom. The van der Waals surface area contributed by atoms with Gasteiger partial charge >= 0.3 is 12.1 Å². The van der Waals surface area contributed by atoms with E-state index < -0.39 is 29.8 Å². The molecule has 1 rings (SSSR count). The van der Waals surface area contributed by atoms with E-state index in [-0.39, 0.29) is 0 Å². The van der Waals surface area contributed by atoms with Crippen LogP contribution in [0.25, 0.3) is 0 Å². The lowest BCUT2D eigenvalue weighted by molar-refractivity contribution is -0.142. The Morgan fingerprint density at radius 3 is 2.30 bits per heavy atom. The normalized spacial score (nSPS) is 14.2. The van der Waals surface area contributed by atoms with Crippen molar-refractivity contribution < 1.29 is 24.5 Å². The number of amides is 1. The predicted octanol–water partition coefficient (Wildman–Crippen LogP) is 1.09. The van der Waals surface area contributed by atoms with E-state index in [1.54, 1.807) is 20.8 Å². The molecule has 1 heterocycles. The summed E-state index contributed by atoms with van der Waals surface area (Å²) in [6.07, 6.45) is 0.539. The number of carboxylic acid groups (broad SMARTS) is 1. The van der Waals surface area contributed by atoms with E-state index in [4.69, 9.17) is 9.84 Å². The van der Waals surface area contributed by atoms with Gasteiger partial charge in [-0.25, -0.2) is 9.59 Å². The molecule has 1 aromatic rings. The van der Waals surface area contributed by atoms with Crippen LogP contribution in [0.5, 0.6) is 0 Å². The van der Waals surface area contributed by atoms with Gasteiger partial charge in [0.1, 0.15) is 11.7 Å². The van der Waals surface area contributed by atoms with Crippen LogP contribution in [-0.4, -0.2) is 38.9 Å². The highest BCUT2D eigenvalue weighted by Crippen LogP contribution is 2.17. The third-order valence-electron chi connectivity index (χ3n) is 2.30. The van der Waals surface area contributed by atoms with Crippen molar-refractivity contribution in [2.45, 2.75) is 38.5 Å². The Labute approximate surface area is 116 Å². The first-order valence-corrected chi connectivity index (χ1v) is 6.01. The third kappa shape index (κ3) is 4.85. The number of nitrogens with one attached hydrogen (secondary N) is 1. The van der Waals surface area contributed by atoms with Crippen LogP contribution in [0.3, 0.4) is 0 Å². The highest BCUT2D eigenvalue weighted by atomic mass is 16.6. The Morgan fingerprint density at radius 1 is 1.30 bits per heavy atom. The van der Waals surface area contributed by atoms with Gasteiger partial charge in [0.15, 0.2) is 6.04 Å². The molecule has 3 N–H and O–H groups in total. The molecule has 0 aliphatic rings. The molecule has 0 radical (unpaired) electrons. The molecule has 1 aromatic heterocycles. The van der Waals surface area contributed by atoms with E-state index >= 15 is 0 Å². The molecule has 0 saturated carbocycles. The number of nitrogens with zero attached hydrogens (tertiary/aromatic N) is 1. The molecule has 2 unspecified atom stereocenters. The van der Waals surface area contributed by atoms with Gasteiger partial charge < -0.3 is 20.3 Å². The highest BCUT2D eigenvalue weighted by molar-refractivity contribution is 5.80. The second-order valence-corrected chi connectivity index (χ2v) is 5.19. The Hall–Kier alpha value is -2.15. The van der Waals surface area contributed by atoms with Gasteiger partial charge in [-0.2, -0.15) is 0 Å². The minimum atomic E-state index is -1.51. The van der Waals surface area contributed by atoms with E-state index in [0.29, 0.717) is 5.56 Å². The molecule has 7 nitrogen and oxygen atoms in total. The average molecular weight is 282 g/mol. The number of aliphatic hydroxyl groups is 1. The lowest BCUT2D eigenvalue weighted by Gasteiger charge is -2.24. The van der Waals surface area contributed by atoms with Crippen molar-refractivity contribution >= 4 is 12.1 Å². The van der Waals surface area contributed by atoms with Crippen LogP contribution in [0.2, 0.25) is 0 Å². The number of carbonyl (C=O) groups excluding carboxylic acids is 1. The maximum absolute atomic E-state index is 11.6. The lowest BCUT2D eigenvalue weighted by Crippen LogP contribution is -2.46. The summed E-state index contributed by atoms with van der Waals surface area (Å²) in [6, 6.07) is 1.43. The van der Waals surface area contributed by atoms with E-state index in [1.165, 1.54) is 24.5 Å². The monoisotopic (exact) mass is 282 g/mol. The number of alkyl carbamates (subject to hydrolysis) is 1. The van der Waals surface area contributed by atoms with Crippen molar-refractivity contribution in [3.05, 3.63) is 30.1 Å². The number of hydrogen-bond acceptors (Lipinski definition) is 5. The number of aliphatic hydroxyl groups excluding tert-OH is 1. The van der Waals surface area contributed by atoms with Crippen LogP contribution in [0, 0.1) is 0 Å². The molecule has 0 bridgehead atoms. The maximum Gasteiger partial charge on any atom is 0.408 e. The summed E-state index contributed by atoms with van der Waals surface area (Å²) in [4.78, 5) is 26.5. The van der Waals surface area contributed by atoms with E-state index in [0.717, 1.165) is 0 Å². The minimum absolute atomic E-state index is 0.337. The Kier molecular flexibility index (Phi) is 5.04. The highest BCUT2D eigenvalue weighted by Gasteiger charge is 2.31. The smallest absolute Gasteiger partial charge is 0.408 e. The van der Waals surface area contributed by atoms with E-state index in [1.807, 2.05) is 0 Å². The van der Waals surface area contributed by atoms with Crippen molar-refractivity contribution in [3.63, 3.8) is 0 Å². The summed E-state index contributed by atoms with van der Waals surface area (Å²) in [5, 5.41) is 21.3. The molecule has 1 amide bonds. The molecule has 0 aliphatic heterocycles. The van der Waals surface area contributed by atoms with Gasteiger partial charge in [0.25, 0.3) is 0 Å². The number of aromatic nitrogens is 1. The summed E-state index contributed by atoms with van der Waals surface area (Å²) in [5.74, 6) is -1.36. The van der Waals surface area contributed by atoms with Crippen LogP contribution in [0.1, 0.15) is 32.4 Å². The zero-order valence-electron chi connectivity index (χ0n) is 11.5. The van der Waals surface area contributed by atoms with Crippen molar-refractivity contribution in [1.29, 1.82) is 0 Å². The molecule has 20 heavy (non-hydrogen) atoms. The van der Waals surface area contributed by atoms with Crippen LogP contribution in [0.15, 0.2) is 24.5 Å². The van der Waals surface area contributed by atoms with Crippen molar-refractivity contribution in [3.8, 4) is 0 Å². The molecule has 0 saturated heterocycles. The average Bonchev–Trinajstić information content (AvgIpc) is 2.34. The van der Waals surface area contributed by atoms with Crippen LogP contribution >= 0.6 is 0 Å². The van der Waals surface area contributed by atoms with Crippen molar-refractivity contribution in [2.24, 2.45) is 0 Å². The number of pyridine rings is 1. The Bertz CT molecular complexity index is 469. The summed E-state index contributed by atoms with van der Waals surface area (Å²) >= 11 is 0. The quantitative estimate of drug-likeness (QED) is 0.762. The number of ether oxygens (including phenoxy) is 1. The summed E-state index contributed by atoms with van der Waals surface area (Å²) in [5.41, 5.74) is -0.419.